The third kappa shape index (κ3) is 12.7. The van der Waals surface area contributed by atoms with Gasteiger partial charge in [-0.25, -0.2) is 4.99 Å². The highest BCUT2D eigenvalue weighted by Crippen LogP contribution is 2.40. The van der Waals surface area contributed by atoms with Crippen molar-refractivity contribution in [2.24, 2.45) is 9.98 Å². The number of hydrogen-bond acceptors (Lipinski definition) is 13. The largest absolute Gasteiger partial charge is 0.573 e. The Morgan fingerprint density at radius 3 is 2.35 bits per heavy atom. The van der Waals surface area contributed by atoms with E-state index in [-0.39, 0.29) is 79.8 Å². The van der Waals surface area contributed by atoms with E-state index in [4.69, 9.17) is 37.6 Å². The van der Waals surface area contributed by atoms with E-state index >= 15 is 0 Å². The minimum Gasteiger partial charge on any atom is -0.405 e. The van der Waals surface area contributed by atoms with Crippen LogP contribution in [0.3, 0.4) is 0 Å². The van der Waals surface area contributed by atoms with Gasteiger partial charge in [0.25, 0.3) is 5.91 Å². The molecule has 6 rings (SSSR count). The van der Waals surface area contributed by atoms with Gasteiger partial charge in [0, 0.05) is 39.7 Å². The molecule has 0 spiro atoms. The summed E-state index contributed by atoms with van der Waals surface area (Å²) in [5.74, 6) is -2.03. The number of carbonyl (C=O) groups excluding carboxylic acids is 3. The number of carbonyl (C=O) groups is 3. The van der Waals surface area contributed by atoms with Crippen molar-refractivity contribution in [3.8, 4) is 5.75 Å². The second-order valence-corrected chi connectivity index (χ2v) is 17.0. The van der Waals surface area contributed by atoms with Gasteiger partial charge in [-0.15, -0.1) is 24.5 Å². The Hall–Kier alpha value is -6.35. The van der Waals surface area contributed by atoms with E-state index in [2.05, 4.69) is 31.0 Å². The third-order valence-corrected chi connectivity index (χ3v) is 12.0. The highest BCUT2D eigenvalue weighted by atomic mass is 35.5. The summed E-state index contributed by atoms with van der Waals surface area (Å²) in [6, 6.07) is 18.3. The molecule has 1 atom stereocenters. The third-order valence-electron chi connectivity index (χ3n) is 9.73. The zero-order valence-corrected chi connectivity index (χ0v) is 37.6. The molecule has 2 aliphatic rings. The number of halogens is 4. The Labute approximate surface area is 385 Å². The second-order valence-electron chi connectivity index (χ2n) is 14.4. The van der Waals surface area contributed by atoms with Gasteiger partial charge in [0.05, 0.1) is 60.3 Å². The zero-order valence-electron chi connectivity index (χ0n) is 35.2. The number of para-hydroxylation sites is 2. The molecule has 0 radical (unpaired) electrons. The van der Waals surface area contributed by atoms with Gasteiger partial charge < -0.3 is 36.2 Å². The first kappa shape index (κ1) is 48.1. The fraction of sp³-hybridized carbons (Fsp3) is 0.273. The van der Waals surface area contributed by atoms with Crippen molar-refractivity contribution < 1.29 is 37.0 Å². The molecule has 0 unspecified atom stereocenters. The van der Waals surface area contributed by atoms with Gasteiger partial charge in [0.2, 0.25) is 11.8 Å². The Balaban J connectivity index is 0.943. The summed E-state index contributed by atoms with van der Waals surface area (Å²) in [7, 11) is 0. The molecule has 21 heteroatoms. The van der Waals surface area contributed by atoms with Crippen LogP contribution in [0.5, 0.6) is 5.75 Å². The molecule has 340 valence electrons. The van der Waals surface area contributed by atoms with Crippen molar-refractivity contribution in [1.29, 1.82) is 16.2 Å². The lowest BCUT2D eigenvalue weighted by Crippen LogP contribution is -2.42. The smallest absolute Gasteiger partial charge is 0.405 e. The van der Waals surface area contributed by atoms with Gasteiger partial charge in [-0.05, 0) is 62.7 Å². The Morgan fingerprint density at radius 2 is 1.65 bits per heavy atom. The van der Waals surface area contributed by atoms with E-state index in [0.29, 0.717) is 37.9 Å². The van der Waals surface area contributed by atoms with Gasteiger partial charge in [0.1, 0.15) is 28.5 Å². The fourth-order valence-corrected chi connectivity index (χ4v) is 8.68. The maximum atomic E-state index is 13.2. The van der Waals surface area contributed by atoms with E-state index in [1.54, 1.807) is 48.2 Å². The molecule has 0 fully saturated rings. The van der Waals surface area contributed by atoms with Crippen LogP contribution >= 0.6 is 34.7 Å². The number of ether oxygens (including phenoxy) is 2. The van der Waals surface area contributed by atoms with E-state index < -0.39 is 24.1 Å². The number of rotatable bonds is 16. The van der Waals surface area contributed by atoms with Gasteiger partial charge >= 0.3 is 6.36 Å². The number of alkyl halides is 3. The first-order valence-electron chi connectivity index (χ1n) is 20.0. The van der Waals surface area contributed by atoms with E-state index in [9.17, 15) is 27.6 Å². The number of benzene rings is 3. The van der Waals surface area contributed by atoms with Gasteiger partial charge in [0.15, 0.2) is 5.17 Å². The molecule has 0 bridgehead atoms. The predicted octanol–water partition coefficient (Wildman–Crippen LogP) is 7.37. The van der Waals surface area contributed by atoms with E-state index in [1.807, 2.05) is 26.0 Å². The number of aryl methyl sites for hydroxylation is 1. The molecular weight excluding hydrogens is 905 g/mol. The molecule has 3 amide bonds. The molecule has 1 aromatic heterocycles. The van der Waals surface area contributed by atoms with Gasteiger partial charge in [-0.3, -0.25) is 35.1 Å². The summed E-state index contributed by atoms with van der Waals surface area (Å²) in [6.07, 6.45) is -3.67. The molecule has 65 heavy (non-hydrogen) atoms. The molecule has 15 nitrogen and oxygen atoms in total. The average Bonchev–Trinajstić information content (AvgIpc) is 3.47. The Bertz CT molecular complexity index is 2600. The quantitative estimate of drug-likeness (QED) is 0.0341. The van der Waals surface area contributed by atoms with Crippen LogP contribution in [0.1, 0.15) is 50.8 Å². The normalized spacial score (nSPS) is 15.1. The lowest BCUT2D eigenvalue weighted by Gasteiger charge is -2.24. The van der Waals surface area contributed by atoms with Crippen LogP contribution in [-0.2, 0) is 14.3 Å². The van der Waals surface area contributed by atoms with Gasteiger partial charge in [-0.1, -0.05) is 65.8 Å². The lowest BCUT2D eigenvalue weighted by atomic mass is 9.99. The van der Waals surface area contributed by atoms with Crippen LogP contribution in [0.15, 0.2) is 88.9 Å². The first-order valence-corrected chi connectivity index (χ1v) is 22.2. The van der Waals surface area contributed by atoms with E-state index in [0.717, 1.165) is 39.4 Å². The van der Waals surface area contributed by atoms with Crippen LogP contribution in [0, 0.1) is 30.1 Å². The van der Waals surface area contributed by atoms with Crippen molar-refractivity contribution in [3.05, 3.63) is 117 Å². The summed E-state index contributed by atoms with van der Waals surface area (Å²) in [5, 5.41) is 38.8. The van der Waals surface area contributed by atoms with Crippen LogP contribution in [0.4, 0.5) is 23.9 Å². The predicted molar refractivity (Wildman–Crippen MR) is 250 cm³/mol. The standard InChI is InChI=1S/C44H44ClF3N10O5S2/c1-24-25(2)65-42-38(24)39(27-12-14-28(45)15-13-27)55-34(40(51)58(42)26(3)49)21-36(59)52-16-18-62-19-17-53-37(60)23-64-43-56-32-10-6-4-8-30(32)33(57-43)20-29(50)22-54-41(61)31-9-5-7-11-35(31)63-44(46,47)48/h4-15,20,34,49-51H,16-19,21-23H2,1-3H3,(H,52,59)(H,53,60)(H,54,61)(H,56,57)/b33-20-,49-26?,50-29?,51-40?/t34-/m0/s1. The topological polar surface area (TPSA) is 217 Å². The summed E-state index contributed by atoms with van der Waals surface area (Å²) < 4.78 is 48.1. The maximum absolute atomic E-state index is 13.2. The minimum absolute atomic E-state index is 0.00970. The van der Waals surface area contributed by atoms with Crippen molar-refractivity contribution in [3.63, 3.8) is 0 Å². The highest BCUT2D eigenvalue weighted by Gasteiger charge is 2.35. The van der Waals surface area contributed by atoms with Crippen molar-refractivity contribution in [2.75, 3.05) is 43.5 Å². The van der Waals surface area contributed by atoms with E-state index in [1.165, 1.54) is 35.6 Å². The summed E-state index contributed by atoms with van der Waals surface area (Å²) in [5.41, 5.74) is 4.48. The molecule has 4 aromatic rings. The monoisotopic (exact) mass is 948 g/mol. The number of thiophene rings is 1. The summed E-state index contributed by atoms with van der Waals surface area (Å²) >= 11 is 8.77. The molecule has 0 aliphatic carbocycles. The Kier molecular flexibility index (Phi) is 16.0. The average molecular weight is 949 g/mol. The number of fused-ring (bicyclic) bond motifs is 2. The van der Waals surface area contributed by atoms with Crippen LogP contribution in [-0.4, -0.2) is 97.0 Å². The number of amides is 3. The van der Waals surface area contributed by atoms with Crippen LogP contribution in [0.25, 0.3) is 5.70 Å². The number of thioether (sulfide) groups is 1. The Morgan fingerprint density at radius 1 is 0.969 bits per heavy atom. The first-order chi connectivity index (χ1) is 31.0. The number of amidine groups is 3. The summed E-state index contributed by atoms with van der Waals surface area (Å²) in [6.45, 7) is 5.96. The van der Waals surface area contributed by atoms with Crippen molar-refractivity contribution in [2.45, 2.75) is 39.6 Å². The zero-order chi connectivity index (χ0) is 46.8. The lowest BCUT2D eigenvalue weighted by molar-refractivity contribution is -0.274. The molecule has 2 aliphatic heterocycles. The molecule has 3 aromatic carbocycles. The highest BCUT2D eigenvalue weighted by molar-refractivity contribution is 8.14. The number of anilines is 1. The minimum atomic E-state index is -4.99. The fourth-order valence-electron chi connectivity index (χ4n) is 6.61. The maximum Gasteiger partial charge on any atom is 0.573 e. The SMILES string of the molecule is CC(=N)N1C(=N)[C@H](CC(=O)NCCOCCNC(=O)CSC2=Nc3ccccc3/C(=C/C(=N)CNC(=O)c3ccccc3OC(F)(F)F)N2)N=C(c2ccc(Cl)cc2)c2c1sc(C)c2C. The molecule has 3 heterocycles. The van der Waals surface area contributed by atoms with Crippen molar-refractivity contribution >= 4 is 97.1 Å². The van der Waals surface area contributed by atoms with Crippen molar-refractivity contribution in [1.82, 2.24) is 21.3 Å². The molecule has 7 N–H and O–H groups in total. The molecule has 0 saturated carbocycles. The number of hydrogen-bond donors (Lipinski definition) is 7. The molecule has 0 saturated heterocycles. The van der Waals surface area contributed by atoms with Gasteiger partial charge in [-0.2, -0.15) is 0 Å². The number of nitrogens with one attached hydrogen (secondary N) is 7. The summed E-state index contributed by atoms with van der Waals surface area (Å²) in [4.78, 5) is 50.7. The molecular formula is C44H44ClF3N10O5S2. The van der Waals surface area contributed by atoms with Crippen LogP contribution < -0.4 is 30.9 Å². The van der Waals surface area contributed by atoms with Crippen LogP contribution in [0.2, 0.25) is 5.02 Å². The second kappa shape index (κ2) is 21.6. The number of aliphatic imine (C=N–C) groups is 2. The number of nitrogens with zero attached hydrogens (tertiary/aromatic N) is 3.